The molecule has 0 radical (unpaired) electrons. The number of aliphatic hydroxyl groups excluding tert-OH is 1. The van der Waals surface area contributed by atoms with E-state index in [0.717, 1.165) is 63.1 Å². The van der Waals surface area contributed by atoms with E-state index in [1.54, 1.807) is 0 Å². The van der Waals surface area contributed by atoms with E-state index in [1.807, 2.05) is 0 Å². The van der Waals surface area contributed by atoms with Crippen molar-refractivity contribution in [3.8, 4) is 0 Å². The molecule has 0 spiro atoms. The second-order valence-corrected chi connectivity index (χ2v) is 6.93. The van der Waals surface area contributed by atoms with Crippen molar-refractivity contribution in [2.24, 2.45) is 5.92 Å². The molecule has 1 amide bonds. The molecule has 1 saturated carbocycles. The zero-order valence-corrected chi connectivity index (χ0v) is 12.8. The molecule has 3 aliphatic rings. The number of hydrogen-bond donors (Lipinski definition) is 2. The van der Waals surface area contributed by atoms with Crippen LogP contribution in [0.5, 0.6) is 0 Å². The van der Waals surface area contributed by atoms with E-state index in [0.29, 0.717) is 6.54 Å². The van der Waals surface area contributed by atoms with Crippen molar-refractivity contribution in [2.45, 2.75) is 57.2 Å². The number of hydrogen-bond acceptors (Lipinski definition) is 5. The Balaban J connectivity index is 1.41. The van der Waals surface area contributed by atoms with Gasteiger partial charge in [0, 0.05) is 43.6 Å². The molecule has 120 valence electrons. The minimum atomic E-state index is -0.215. The molecule has 6 nitrogen and oxygen atoms in total. The predicted octanol–water partition coefficient (Wildman–Crippen LogP) is 0.625. The first-order valence-corrected chi connectivity index (χ1v) is 8.36. The molecule has 2 heterocycles. The molecule has 1 saturated heterocycles. The first kappa shape index (κ1) is 14.2. The van der Waals surface area contributed by atoms with Crippen LogP contribution in [0.25, 0.3) is 0 Å². The fraction of sp³-hybridized carbons (Fsp3) is 0.750. The lowest BCUT2D eigenvalue weighted by atomic mass is 9.92. The number of amides is 1. The third-order valence-electron chi connectivity index (χ3n) is 5.04. The van der Waals surface area contributed by atoms with Gasteiger partial charge < -0.3 is 14.9 Å². The molecule has 22 heavy (non-hydrogen) atoms. The highest BCUT2D eigenvalue weighted by Crippen LogP contribution is 2.30. The Morgan fingerprint density at radius 3 is 2.95 bits per heavy atom. The summed E-state index contributed by atoms with van der Waals surface area (Å²) in [6.07, 6.45) is 5.30. The molecule has 1 aliphatic heterocycles. The monoisotopic (exact) mass is 305 g/mol. The van der Waals surface area contributed by atoms with Gasteiger partial charge in [0.25, 0.3) is 0 Å². The Kier molecular flexibility index (Phi) is 3.66. The largest absolute Gasteiger partial charge is 0.392 e. The normalized spacial score (nSPS) is 28.6. The number of aliphatic hydroxyl groups is 1. The number of nitrogens with zero attached hydrogens (tertiary/aromatic N) is 2. The van der Waals surface area contributed by atoms with Crippen molar-refractivity contribution >= 4 is 5.91 Å². The maximum atomic E-state index is 11.9. The summed E-state index contributed by atoms with van der Waals surface area (Å²) < 4.78 is 5.49. The third kappa shape index (κ3) is 2.90. The number of fused-ring (bicyclic) bond motifs is 1. The lowest BCUT2D eigenvalue weighted by molar-refractivity contribution is -0.123. The first-order valence-electron chi connectivity index (χ1n) is 8.36. The van der Waals surface area contributed by atoms with Gasteiger partial charge in [-0.3, -0.25) is 9.69 Å². The highest BCUT2D eigenvalue weighted by molar-refractivity contribution is 5.81. The summed E-state index contributed by atoms with van der Waals surface area (Å²) in [7, 11) is 0. The van der Waals surface area contributed by atoms with Crippen LogP contribution in [-0.4, -0.2) is 46.3 Å². The maximum Gasteiger partial charge on any atom is 0.223 e. The van der Waals surface area contributed by atoms with E-state index in [-0.39, 0.29) is 24.0 Å². The maximum absolute atomic E-state index is 11.9. The van der Waals surface area contributed by atoms with E-state index < -0.39 is 0 Å². The highest BCUT2D eigenvalue weighted by atomic mass is 16.5. The van der Waals surface area contributed by atoms with Gasteiger partial charge in [0.05, 0.1) is 6.10 Å². The quantitative estimate of drug-likeness (QED) is 0.853. The highest BCUT2D eigenvalue weighted by Gasteiger charge is 2.33. The van der Waals surface area contributed by atoms with Crippen LogP contribution in [0, 0.1) is 5.92 Å². The zero-order chi connectivity index (χ0) is 15.1. The Morgan fingerprint density at radius 1 is 1.36 bits per heavy atom. The molecule has 4 rings (SSSR count). The van der Waals surface area contributed by atoms with Crippen LogP contribution >= 0.6 is 0 Å². The lowest BCUT2D eigenvalue weighted by Crippen LogP contribution is -2.39. The molecule has 2 aliphatic carbocycles. The molecule has 2 fully saturated rings. The van der Waals surface area contributed by atoms with E-state index in [9.17, 15) is 9.90 Å². The van der Waals surface area contributed by atoms with Crippen molar-refractivity contribution < 1.29 is 14.4 Å². The molecule has 1 aromatic rings. The van der Waals surface area contributed by atoms with Crippen LogP contribution < -0.4 is 5.32 Å². The molecule has 1 aromatic heterocycles. The average molecular weight is 305 g/mol. The van der Waals surface area contributed by atoms with E-state index in [1.165, 1.54) is 5.56 Å². The molecule has 2 N–H and O–H groups in total. The molecule has 1 unspecified atom stereocenters. The second kappa shape index (κ2) is 5.66. The Hall–Kier alpha value is -1.40. The molecule has 0 aromatic carbocycles. The minimum Gasteiger partial charge on any atom is -0.392 e. The zero-order valence-electron chi connectivity index (χ0n) is 12.8. The average Bonchev–Trinajstić information content (AvgIpc) is 3.18. The summed E-state index contributed by atoms with van der Waals surface area (Å²) >= 11 is 0. The number of carbonyl (C=O) groups excluding carboxylic acids is 1. The Bertz CT molecular complexity index is 567. The van der Waals surface area contributed by atoms with E-state index in [2.05, 4.69) is 15.4 Å². The number of carbonyl (C=O) groups is 1. The number of β-amino-alcohol motifs (C(OH)–C–C–N with tert-alkyl or cyclic N) is 1. The molecule has 0 bridgehead atoms. The van der Waals surface area contributed by atoms with Crippen LogP contribution in [0.2, 0.25) is 0 Å². The second-order valence-electron chi connectivity index (χ2n) is 6.93. The molecular weight excluding hydrogens is 282 g/mol. The number of nitrogens with one attached hydrogen (secondary N) is 1. The number of aromatic nitrogens is 1. The Morgan fingerprint density at radius 2 is 2.23 bits per heavy atom. The summed E-state index contributed by atoms with van der Waals surface area (Å²) in [6, 6.07) is 0.211. The van der Waals surface area contributed by atoms with Crippen molar-refractivity contribution in [1.82, 2.24) is 15.4 Å². The number of rotatable bonds is 4. The van der Waals surface area contributed by atoms with Gasteiger partial charge in [0.15, 0.2) is 0 Å². The summed E-state index contributed by atoms with van der Waals surface area (Å²) in [5.41, 5.74) is 2.16. The van der Waals surface area contributed by atoms with Gasteiger partial charge in [-0.05, 0) is 32.1 Å². The molecule has 2 atom stereocenters. The van der Waals surface area contributed by atoms with E-state index >= 15 is 0 Å². The fourth-order valence-corrected chi connectivity index (χ4v) is 3.54. The van der Waals surface area contributed by atoms with Crippen molar-refractivity contribution in [1.29, 1.82) is 0 Å². The smallest absolute Gasteiger partial charge is 0.223 e. The summed E-state index contributed by atoms with van der Waals surface area (Å²) in [5.74, 6) is 1.45. The number of aryl methyl sites for hydroxylation is 1. The summed E-state index contributed by atoms with van der Waals surface area (Å²) in [5, 5.41) is 17.0. The third-order valence-corrected chi connectivity index (χ3v) is 5.04. The first-order chi connectivity index (χ1) is 10.7. The van der Waals surface area contributed by atoms with Crippen molar-refractivity contribution in [3.63, 3.8) is 0 Å². The van der Waals surface area contributed by atoms with Gasteiger partial charge >= 0.3 is 0 Å². The standard InChI is InChI=1S/C16H23N3O3/c20-12-5-6-19(8-12)9-14-13-7-11(3-4-15(13)22-18-14)17-16(21)10-1-2-10/h10-12,20H,1-9H2,(H,17,21)/t11?,12-/m1/s1. The van der Waals surface area contributed by atoms with Gasteiger partial charge in [-0.15, -0.1) is 0 Å². The Labute approximate surface area is 129 Å². The van der Waals surface area contributed by atoms with Gasteiger partial charge in [0.2, 0.25) is 5.91 Å². The topological polar surface area (TPSA) is 78.6 Å². The minimum absolute atomic E-state index is 0.211. The molecular formula is C16H23N3O3. The van der Waals surface area contributed by atoms with Crippen molar-refractivity contribution in [3.05, 3.63) is 17.0 Å². The summed E-state index contributed by atoms with van der Waals surface area (Å²) in [6.45, 7) is 2.35. The van der Waals surface area contributed by atoms with Crippen LogP contribution in [0.1, 0.15) is 42.7 Å². The van der Waals surface area contributed by atoms with Crippen LogP contribution in [0.4, 0.5) is 0 Å². The number of likely N-dealkylation sites (tertiary alicyclic amines) is 1. The van der Waals surface area contributed by atoms with Gasteiger partial charge in [-0.1, -0.05) is 5.16 Å². The van der Waals surface area contributed by atoms with Crippen LogP contribution in [0.15, 0.2) is 4.52 Å². The van der Waals surface area contributed by atoms with Crippen LogP contribution in [-0.2, 0) is 24.2 Å². The van der Waals surface area contributed by atoms with Gasteiger partial charge in [0.1, 0.15) is 11.5 Å². The van der Waals surface area contributed by atoms with Crippen LogP contribution in [0.3, 0.4) is 0 Å². The SMILES string of the molecule is O=C(NC1CCc2onc(CN3CC[C@@H](O)C3)c2C1)C1CC1. The molecule has 6 heteroatoms. The van der Waals surface area contributed by atoms with Crippen molar-refractivity contribution in [2.75, 3.05) is 13.1 Å². The lowest BCUT2D eigenvalue weighted by Gasteiger charge is -2.23. The fourth-order valence-electron chi connectivity index (χ4n) is 3.54. The van der Waals surface area contributed by atoms with E-state index in [4.69, 9.17) is 4.52 Å². The predicted molar refractivity (Wildman–Crippen MR) is 79.1 cm³/mol. The van der Waals surface area contributed by atoms with Gasteiger partial charge in [-0.2, -0.15) is 0 Å². The van der Waals surface area contributed by atoms with Gasteiger partial charge in [-0.25, -0.2) is 0 Å². The summed E-state index contributed by atoms with van der Waals surface area (Å²) in [4.78, 5) is 14.2.